The number of hydrogen-bond acceptors (Lipinski definition) is 3. The highest BCUT2D eigenvalue weighted by Crippen LogP contribution is 2.33. The molecule has 0 spiro atoms. The Kier molecular flexibility index (Phi) is 7.24. The highest BCUT2D eigenvalue weighted by atomic mass is 79.9. The van der Waals surface area contributed by atoms with E-state index in [-0.39, 0.29) is 13.1 Å². The van der Waals surface area contributed by atoms with Crippen LogP contribution in [0.1, 0.15) is 13.3 Å². The van der Waals surface area contributed by atoms with E-state index in [9.17, 15) is 4.79 Å². The molecule has 0 aliphatic heterocycles. The van der Waals surface area contributed by atoms with Crippen molar-refractivity contribution in [2.45, 2.75) is 32.2 Å². The van der Waals surface area contributed by atoms with Crippen LogP contribution in [0.5, 0.6) is 5.75 Å². The SMILES string of the molecule is CCC(Oc1ccc(NCC(F)Cn2c3ccc(Br)cc3c3cc(Br)ccc32)cc1)C(=O)O. The van der Waals surface area contributed by atoms with Gasteiger partial charge in [0.25, 0.3) is 0 Å². The van der Waals surface area contributed by atoms with Gasteiger partial charge in [-0.15, -0.1) is 0 Å². The predicted molar refractivity (Wildman–Crippen MR) is 137 cm³/mol. The second-order valence-corrected chi connectivity index (χ2v) is 9.62. The lowest BCUT2D eigenvalue weighted by Crippen LogP contribution is -2.25. The van der Waals surface area contributed by atoms with E-state index in [0.29, 0.717) is 12.2 Å². The van der Waals surface area contributed by atoms with Crippen LogP contribution >= 0.6 is 31.9 Å². The first-order valence-electron chi connectivity index (χ1n) is 10.6. The molecule has 0 amide bonds. The van der Waals surface area contributed by atoms with Crippen molar-refractivity contribution in [3.05, 3.63) is 69.6 Å². The summed E-state index contributed by atoms with van der Waals surface area (Å²) in [5, 5.41) is 14.4. The number of rotatable bonds is 9. The molecule has 5 nitrogen and oxygen atoms in total. The van der Waals surface area contributed by atoms with Crippen LogP contribution in [0.2, 0.25) is 0 Å². The van der Waals surface area contributed by atoms with E-state index in [2.05, 4.69) is 49.3 Å². The van der Waals surface area contributed by atoms with Gasteiger partial charge in [-0.3, -0.25) is 0 Å². The zero-order valence-corrected chi connectivity index (χ0v) is 21.1. The fraction of sp³-hybridized carbons (Fsp3) is 0.240. The zero-order valence-electron chi connectivity index (χ0n) is 17.9. The van der Waals surface area contributed by atoms with Crippen LogP contribution < -0.4 is 10.1 Å². The number of hydrogen-bond donors (Lipinski definition) is 2. The molecule has 3 aromatic carbocycles. The van der Waals surface area contributed by atoms with E-state index in [1.165, 1.54) is 0 Å². The minimum Gasteiger partial charge on any atom is -0.479 e. The maximum Gasteiger partial charge on any atom is 0.344 e. The molecule has 0 aliphatic carbocycles. The quantitative estimate of drug-likeness (QED) is 0.224. The Bertz CT molecular complexity index is 1230. The lowest BCUT2D eigenvalue weighted by molar-refractivity contribution is -0.145. The standard InChI is InChI=1S/C25H23Br2FN2O3/c1-2-24(25(31)32)33-19-7-5-18(6-8-19)29-13-17(28)14-30-22-9-3-15(26)11-20(22)21-12-16(27)4-10-23(21)30/h3-12,17,24,29H,2,13-14H2,1H3,(H,31,32). The predicted octanol–water partition coefficient (Wildman–Crippen LogP) is 7.01. The van der Waals surface area contributed by atoms with Crippen LogP contribution in [0.3, 0.4) is 0 Å². The van der Waals surface area contributed by atoms with E-state index in [1.807, 2.05) is 28.8 Å². The second kappa shape index (κ2) is 10.1. The molecule has 4 rings (SSSR count). The van der Waals surface area contributed by atoms with Crippen LogP contribution in [0.4, 0.5) is 10.1 Å². The average Bonchev–Trinajstić information content (AvgIpc) is 3.08. The van der Waals surface area contributed by atoms with Crippen molar-refractivity contribution in [3.8, 4) is 5.75 Å². The number of aromatic nitrogens is 1. The van der Waals surface area contributed by atoms with Crippen molar-refractivity contribution in [2.24, 2.45) is 0 Å². The lowest BCUT2D eigenvalue weighted by atomic mass is 10.2. The van der Waals surface area contributed by atoms with Crippen LogP contribution in [0, 0.1) is 0 Å². The van der Waals surface area contributed by atoms with Crippen molar-refractivity contribution in [2.75, 3.05) is 11.9 Å². The Labute approximate surface area is 207 Å². The first-order valence-corrected chi connectivity index (χ1v) is 12.2. The molecule has 8 heteroatoms. The highest BCUT2D eigenvalue weighted by Gasteiger charge is 2.17. The maximum atomic E-state index is 15.1. The molecule has 1 heterocycles. The van der Waals surface area contributed by atoms with E-state index >= 15 is 4.39 Å². The van der Waals surface area contributed by atoms with Crippen molar-refractivity contribution in [1.82, 2.24) is 4.57 Å². The molecular formula is C25H23Br2FN2O3. The first-order chi connectivity index (χ1) is 15.9. The fourth-order valence-electron chi connectivity index (χ4n) is 3.86. The number of ether oxygens (including phenoxy) is 1. The summed E-state index contributed by atoms with van der Waals surface area (Å²) in [7, 11) is 0. The molecule has 0 radical (unpaired) electrons. The summed E-state index contributed by atoms with van der Waals surface area (Å²) in [6.45, 7) is 2.11. The molecule has 1 aromatic heterocycles. The smallest absolute Gasteiger partial charge is 0.344 e. The molecule has 0 fully saturated rings. The molecule has 0 saturated heterocycles. The van der Waals surface area contributed by atoms with Crippen LogP contribution in [-0.4, -0.2) is 34.5 Å². The Balaban J connectivity index is 1.46. The van der Waals surface area contributed by atoms with Crippen molar-refractivity contribution in [3.63, 3.8) is 0 Å². The first kappa shape index (κ1) is 23.6. The molecular weight excluding hydrogens is 555 g/mol. The average molecular weight is 578 g/mol. The number of carboxylic acid groups (broad SMARTS) is 1. The molecule has 0 aliphatic rings. The number of aliphatic carboxylic acids is 1. The summed E-state index contributed by atoms with van der Waals surface area (Å²) >= 11 is 7.07. The molecule has 2 atom stereocenters. The third-order valence-electron chi connectivity index (χ3n) is 5.48. The molecule has 0 bridgehead atoms. The maximum absolute atomic E-state index is 15.1. The van der Waals surface area contributed by atoms with Gasteiger partial charge in [-0.2, -0.15) is 0 Å². The largest absolute Gasteiger partial charge is 0.479 e. The Morgan fingerprint density at radius 2 is 1.61 bits per heavy atom. The van der Waals surface area contributed by atoms with Gasteiger partial charge >= 0.3 is 5.97 Å². The molecule has 2 unspecified atom stereocenters. The van der Waals surface area contributed by atoms with Crippen molar-refractivity contribution >= 4 is 65.3 Å². The summed E-state index contributed by atoms with van der Waals surface area (Å²) in [6, 6.07) is 18.9. The van der Waals surface area contributed by atoms with Crippen molar-refractivity contribution in [1.29, 1.82) is 0 Å². The number of nitrogens with one attached hydrogen (secondary N) is 1. The topological polar surface area (TPSA) is 63.5 Å². The van der Waals surface area contributed by atoms with E-state index < -0.39 is 18.2 Å². The Hall–Kier alpha value is -2.58. The van der Waals surface area contributed by atoms with E-state index in [0.717, 1.165) is 36.4 Å². The number of carbonyl (C=O) groups is 1. The molecule has 4 aromatic rings. The van der Waals surface area contributed by atoms with Gasteiger partial charge in [0, 0.05) is 43.0 Å². The zero-order chi connectivity index (χ0) is 23.5. The number of fused-ring (bicyclic) bond motifs is 3. The number of halogens is 3. The third-order valence-corrected chi connectivity index (χ3v) is 6.46. The summed E-state index contributed by atoms with van der Waals surface area (Å²) < 4.78 is 24.5. The molecule has 33 heavy (non-hydrogen) atoms. The highest BCUT2D eigenvalue weighted by molar-refractivity contribution is 9.10. The number of benzene rings is 3. The van der Waals surface area contributed by atoms with Gasteiger partial charge in [-0.1, -0.05) is 38.8 Å². The minimum absolute atomic E-state index is 0.140. The van der Waals surface area contributed by atoms with Gasteiger partial charge in [0.15, 0.2) is 6.10 Å². The minimum atomic E-state index is -1.12. The summed E-state index contributed by atoms with van der Waals surface area (Å²) in [6.07, 6.45) is -1.63. The number of carboxylic acids is 1. The number of anilines is 1. The van der Waals surface area contributed by atoms with Gasteiger partial charge in [0.2, 0.25) is 0 Å². The Morgan fingerprint density at radius 1 is 1.03 bits per heavy atom. The lowest BCUT2D eigenvalue weighted by Gasteiger charge is -2.15. The van der Waals surface area contributed by atoms with Crippen LogP contribution in [0.25, 0.3) is 21.8 Å². The van der Waals surface area contributed by atoms with Crippen LogP contribution in [0.15, 0.2) is 69.6 Å². The normalized spacial score (nSPS) is 13.2. The number of alkyl halides is 1. The summed E-state index contributed by atoms with van der Waals surface area (Å²) in [5.41, 5.74) is 2.71. The van der Waals surface area contributed by atoms with Gasteiger partial charge < -0.3 is 19.7 Å². The molecule has 172 valence electrons. The summed E-state index contributed by atoms with van der Waals surface area (Å²) in [5.74, 6) is -0.529. The van der Waals surface area contributed by atoms with Gasteiger partial charge in [-0.25, -0.2) is 9.18 Å². The third kappa shape index (κ3) is 5.33. The Morgan fingerprint density at radius 3 is 2.12 bits per heavy atom. The molecule has 0 saturated carbocycles. The van der Waals surface area contributed by atoms with Crippen LogP contribution in [-0.2, 0) is 11.3 Å². The van der Waals surface area contributed by atoms with E-state index in [1.54, 1.807) is 31.2 Å². The summed E-state index contributed by atoms with van der Waals surface area (Å²) in [4.78, 5) is 11.1. The van der Waals surface area contributed by atoms with Crippen molar-refractivity contribution < 1.29 is 19.0 Å². The van der Waals surface area contributed by atoms with E-state index in [4.69, 9.17) is 9.84 Å². The van der Waals surface area contributed by atoms with Gasteiger partial charge in [0.05, 0.1) is 6.54 Å². The second-order valence-electron chi connectivity index (χ2n) is 7.79. The molecule has 2 N–H and O–H groups in total. The van der Waals surface area contributed by atoms with Gasteiger partial charge in [0.1, 0.15) is 11.9 Å². The number of nitrogens with zero attached hydrogens (tertiary/aromatic N) is 1. The fourth-order valence-corrected chi connectivity index (χ4v) is 4.58. The van der Waals surface area contributed by atoms with Gasteiger partial charge in [-0.05, 0) is 67.1 Å². The monoisotopic (exact) mass is 576 g/mol.